The molecule has 46 heavy (non-hydrogen) atoms. The zero-order valence-corrected chi connectivity index (χ0v) is 26.3. The summed E-state index contributed by atoms with van der Waals surface area (Å²) in [6.07, 6.45) is 5.95. The molecule has 7 heteroatoms. The Balaban J connectivity index is 1.23. The lowest BCUT2D eigenvalue weighted by Gasteiger charge is -2.35. The standard InChI is InChI=1S/C39H43FN4O2/c40-35-15-12-31(13-16-35)38(45)42-36-26-34(14-17-37(36)43-22-18-29(19-23-43)24-28-6-2-1-3-7-28)33-9-4-8-30(25-33)27-44(21-5-20-41)39(46)32-10-11-32/h1-4,6-9,12-17,25-26,29,32H,5,10-11,18-24,27,41H2,(H,42,45). The van der Waals surface area contributed by atoms with Crippen LogP contribution in [-0.4, -0.2) is 42.9 Å². The normalized spacial score (nSPS) is 15.0. The number of nitrogens with zero attached hydrogens (tertiary/aromatic N) is 2. The van der Waals surface area contributed by atoms with E-state index < -0.39 is 0 Å². The molecule has 2 amide bonds. The molecular weight excluding hydrogens is 575 g/mol. The van der Waals surface area contributed by atoms with Crippen molar-refractivity contribution in [3.8, 4) is 11.1 Å². The summed E-state index contributed by atoms with van der Waals surface area (Å²) in [5, 5.41) is 3.14. The zero-order chi connectivity index (χ0) is 31.9. The first-order valence-corrected chi connectivity index (χ1v) is 16.5. The van der Waals surface area contributed by atoms with Gasteiger partial charge in [-0.1, -0.05) is 54.6 Å². The highest BCUT2D eigenvalue weighted by Crippen LogP contribution is 2.36. The van der Waals surface area contributed by atoms with E-state index in [1.807, 2.05) is 17.0 Å². The van der Waals surface area contributed by atoms with Crippen LogP contribution in [0.2, 0.25) is 0 Å². The number of nitrogens with two attached hydrogens (primary N) is 1. The molecule has 2 fully saturated rings. The second kappa shape index (κ2) is 14.7. The number of carbonyl (C=O) groups excluding carboxylic acids is 2. The Kier molecular flexibility index (Phi) is 10.1. The molecule has 1 saturated carbocycles. The fraction of sp³-hybridized carbons (Fsp3) is 0.333. The van der Waals surface area contributed by atoms with Crippen molar-refractivity contribution in [1.82, 2.24) is 4.90 Å². The summed E-state index contributed by atoms with van der Waals surface area (Å²) in [6.45, 7) is 3.57. The predicted octanol–water partition coefficient (Wildman–Crippen LogP) is 7.29. The van der Waals surface area contributed by atoms with E-state index in [0.717, 1.165) is 79.7 Å². The number of rotatable bonds is 12. The van der Waals surface area contributed by atoms with Gasteiger partial charge < -0.3 is 20.9 Å². The number of halogens is 1. The molecule has 0 radical (unpaired) electrons. The summed E-state index contributed by atoms with van der Waals surface area (Å²) >= 11 is 0. The maximum Gasteiger partial charge on any atom is 0.255 e. The van der Waals surface area contributed by atoms with Crippen LogP contribution in [0.5, 0.6) is 0 Å². The van der Waals surface area contributed by atoms with E-state index in [1.165, 1.54) is 29.8 Å². The molecule has 4 aromatic carbocycles. The Morgan fingerprint density at radius 3 is 2.26 bits per heavy atom. The van der Waals surface area contributed by atoms with Crippen LogP contribution < -0.4 is 16.0 Å². The minimum absolute atomic E-state index is 0.157. The average molecular weight is 619 g/mol. The molecule has 1 aliphatic carbocycles. The maximum absolute atomic E-state index is 13.6. The van der Waals surface area contributed by atoms with E-state index in [9.17, 15) is 14.0 Å². The van der Waals surface area contributed by atoms with Crippen LogP contribution in [0.1, 0.15) is 53.6 Å². The number of carbonyl (C=O) groups is 2. The highest BCUT2D eigenvalue weighted by molar-refractivity contribution is 6.06. The monoisotopic (exact) mass is 618 g/mol. The van der Waals surface area contributed by atoms with Gasteiger partial charge in [-0.3, -0.25) is 9.59 Å². The van der Waals surface area contributed by atoms with E-state index >= 15 is 0 Å². The second-order valence-electron chi connectivity index (χ2n) is 12.7. The van der Waals surface area contributed by atoms with Crippen molar-refractivity contribution < 1.29 is 14.0 Å². The number of benzene rings is 4. The van der Waals surface area contributed by atoms with Gasteiger partial charge >= 0.3 is 0 Å². The highest BCUT2D eigenvalue weighted by Gasteiger charge is 2.33. The van der Waals surface area contributed by atoms with Crippen molar-refractivity contribution in [3.63, 3.8) is 0 Å². The number of amides is 2. The molecule has 4 aromatic rings. The van der Waals surface area contributed by atoms with Crippen LogP contribution in [-0.2, 0) is 17.8 Å². The molecular formula is C39H43FN4O2. The van der Waals surface area contributed by atoms with Gasteiger partial charge in [-0.15, -0.1) is 0 Å². The van der Waals surface area contributed by atoms with Crippen molar-refractivity contribution >= 4 is 23.2 Å². The van der Waals surface area contributed by atoms with Crippen LogP contribution in [0.25, 0.3) is 11.1 Å². The molecule has 1 heterocycles. The number of anilines is 2. The number of hydrogen-bond acceptors (Lipinski definition) is 4. The first kappa shape index (κ1) is 31.5. The molecule has 238 valence electrons. The maximum atomic E-state index is 13.6. The van der Waals surface area contributed by atoms with Crippen LogP contribution in [0.3, 0.4) is 0 Å². The zero-order valence-electron chi connectivity index (χ0n) is 26.3. The summed E-state index contributed by atoms with van der Waals surface area (Å²) in [5.74, 6) is 0.345. The average Bonchev–Trinajstić information content (AvgIpc) is 3.94. The molecule has 3 N–H and O–H groups in total. The quantitative estimate of drug-likeness (QED) is 0.175. The van der Waals surface area contributed by atoms with Gasteiger partial charge in [0.15, 0.2) is 0 Å². The third-order valence-corrected chi connectivity index (χ3v) is 9.18. The molecule has 2 aliphatic rings. The predicted molar refractivity (Wildman–Crippen MR) is 183 cm³/mol. The third-order valence-electron chi connectivity index (χ3n) is 9.18. The molecule has 0 aromatic heterocycles. The van der Waals surface area contributed by atoms with Gasteiger partial charge in [0.05, 0.1) is 11.4 Å². The Labute approximate surface area is 271 Å². The lowest BCUT2D eigenvalue weighted by molar-refractivity contribution is -0.133. The molecule has 0 atom stereocenters. The van der Waals surface area contributed by atoms with Crippen molar-refractivity contribution in [3.05, 3.63) is 120 Å². The molecule has 6 rings (SSSR count). The Morgan fingerprint density at radius 2 is 1.54 bits per heavy atom. The van der Waals surface area contributed by atoms with E-state index in [4.69, 9.17) is 5.73 Å². The van der Waals surface area contributed by atoms with E-state index in [2.05, 4.69) is 70.9 Å². The van der Waals surface area contributed by atoms with E-state index in [0.29, 0.717) is 31.1 Å². The van der Waals surface area contributed by atoms with Crippen molar-refractivity contribution in [2.75, 3.05) is 36.4 Å². The summed E-state index contributed by atoms with van der Waals surface area (Å²) in [4.78, 5) is 30.6. The van der Waals surface area contributed by atoms with E-state index in [-0.39, 0.29) is 23.5 Å². The van der Waals surface area contributed by atoms with Crippen molar-refractivity contribution in [2.24, 2.45) is 17.6 Å². The molecule has 1 aliphatic heterocycles. The van der Waals surface area contributed by atoms with Crippen LogP contribution in [0.15, 0.2) is 97.1 Å². The highest BCUT2D eigenvalue weighted by atomic mass is 19.1. The van der Waals surface area contributed by atoms with Crippen LogP contribution in [0.4, 0.5) is 15.8 Å². The number of piperidine rings is 1. The van der Waals surface area contributed by atoms with Gasteiger partial charge in [-0.25, -0.2) is 4.39 Å². The third kappa shape index (κ3) is 8.01. The van der Waals surface area contributed by atoms with Gasteiger partial charge in [0, 0.05) is 37.7 Å². The largest absolute Gasteiger partial charge is 0.370 e. The lowest BCUT2D eigenvalue weighted by Crippen LogP contribution is -2.35. The topological polar surface area (TPSA) is 78.7 Å². The summed E-state index contributed by atoms with van der Waals surface area (Å²) in [7, 11) is 0. The number of hydrogen-bond donors (Lipinski definition) is 2. The molecule has 1 saturated heterocycles. The minimum Gasteiger partial charge on any atom is -0.370 e. The van der Waals surface area contributed by atoms with Gasteiger partial charge in [-0.05, 0) is 116 Å². The van der Waals surface area contributed by atoms with Crippen molar-refractivity contribution in [2.45, 2.75) is 45.1 Å². The molecule has 6 nitrogen and oxygen atoms in total. The lowest BCUT2D eigenvalue weighted by atomic mass is 9.90. The van der Waals surface area contributed by atoms with Crippen molar-refractivity contribution in [1.29, 1.82) is 0 Å². The van der Waals surface area contributed by atoms with Gasteiger partial charge in [-0.2, -0.15) is 0 Å². The van der Waals surface area contributed by atoms with Gasteiger partial charge in [0.2, 0.25) is 5.91 Å². The first-order chi connectivity index (χ1) is 22.5. The Morgan fingerprint density at radius 1 is 0.826 bits per heavy atom. The van der Waals surface area contributed by atoms with Crippen LogP contribution >= 0.6 is 0 Å². The Hall–Kier alpha value is -4.49. The first-order valence-electron chi connectivity index (χ1n) is 16.5. The summed E-state index contributed by atoms with van der Waals surface area (Å²) in [5.41, 5.74) is 12.3. The second-order valence-corrected chi connectivity index (χ2v) is 12.7. The molecule has 0 unspecified atom stereocenters. The SMILES string of the molecule is NCCCN(Cc1cccc(-c2ccc(N3CCC(Cc4ccccc4)CC3)c(NC(=O)c3ccc(F)cc3)c2)c1)C(=O)C1CC1. The van der Waals surface area contributed by atoms with E-state index in [1.54, 1.807) is 0 Å². The van der Waals surface area contributed by atoms with Gasteiger partial charge in [0.1, 0.15) is 5.82 Å². The number of nitrogens with one attached hydrogen (secondary N) is 1. The Bertz CT molecular complexity index is 1630. The summed E-state index contributed by atoms with van der Waals surface area (Å²) < 4.78 is 13.6. The van der Waals surface area contributed by atoms with Crippen LogP contribution in [0, 0.1) is 17.7 Å². The smallest absolute Gasteiger partial charge is 0.255 e. The fourth-order valence-electron chi connectivity index (χ4n) is 6.42. The minimum atomic E-state index is -0.377. The van der Waals surface area contributed by atoms with Gasteiger partial charge in [0.25, 0.3) is 5.91 Å². The summed E-state index contributed by atoms with van der Waals surface area (Å²) in [6, 6.07) is 30.8. The molecule has 0 bridgehead atoms. The fourth-order valence-corrected chi connectivity index (χ4v) is 6.42. The molecule has 0 spiro atoms.